The van der Waals surface area contributed by atoms with E-state index < -0.39 is 0 Å². The van der Waals surface area contributed by atoms with E-state index in [2.05, 4.69) is 191 Å². The molecule has 11 rings (SSSR count). The van der Waals surface area contributed by atoms with Crippen molar-refractivity contribution in [2.75, 3.05) is 0 Å². The average molecular weight is 635 g/mol. The summed E-state index contributed by atoms with van der Waals surface area (Å²) in [6.45, 7) is 0. The van der Waals surface area contributed by atoms with Gasteiger partial charge in [-0.05, 0) is 81.2 Å². The molecule has 232 valence electrons. The zero-order valence-electron chi connectivity index (χ0n) is 27.2. The van der Waals surface area contributed by atoms with Crippen LogP contribution in [0, 0.1) is 0 Å². The van der Waals surface area contributed by atoms with Crippen molar-refractivity contribution in [3.8, 4) is 39.1 Å². The molecule has 0 bridgehead atoms. The Labute approximate surface area is 289 Å². The molecule has 0 saturated heterocycles. The van der Waals surface area contributed by atoms with Gasteiger partial charge in [0.15, 0.2) is 0 Å². The van der Waals surface area contributed by atoms with Gasteiger partial charge in [-0.2, -0.15) is 0 Å². The zero-order chi connectivity index (χ0) is 32.8. The minimum Gasteiger partial charge on any atom is -0.309 e. The van der Waals surface area contributed by atoms with Crippen LogP contribution in [0.25, 0.3) is 99.0 Å². The molecule has 3 aromatic heterocycles. The van der Waals surface area contributed by atoms with E-state index in [1.807, 2.05) is 0 Å². The molecule has 0 spiro atoms. The van der Waals surface area contributed by atoms with Crippen molar-refractivity contribution in [1.82, 2.24) is 8.97 Å². The maximum absolute atomic E-state index is 2.54. The van der Waals surface area contributed by atoms with Crippen LogP contribution in [0.1, 0.15) is 0 Å². The maximum atomic E-state index is 2.54. The Morgan fingerprint density at radius 3 is 1.74 bits per heavy atom. The molecule has 0 aliphatic heterocycles. The highest BCUT2D eigenvalue weighted by atomic mass is 15.0. The Balaban J connectivity index is 1.21. The fraction of sp³-hybridized carbons (Fsp3) is 0. The number of nitrogens with zero attached hydrogens (tertiary/aromatic N) is 2. The second kappa shape index (κ2) is 10.4. The van der Waals surface area contributed by atoms with Gasteiger partial charge in [-0.15, -0.1) is 0 Å². The molecule has 0 amide bonds. The van der Waals surface area contributed by atoms with Crippen molar-refractivity contribution in [2.45, 2.75) is 0 Å². The average Bonchev–Trinajstić information content (AvgIpc) is 3.66. The van der Waals surface area contributed by atoms with Crippen molar-refractivity contribution >= 4 is 59.9 Å². The molecule has 0 fully saturated rings. The third-order valence-corrected chi connectivity index (χ3v) is 10.7. The van der Waals surface area contributed by atoms with Crippen LogP contribution in [0.4, 0.5) is 0 Å². The lowest BCUT2D eigenvalue weighted by molar-refractivity contribution is 1.18. The van der Waals surface area contributed by atoms with Crippen molar-refractivity contribution in [1.29, 1.82) is 0 Å². The molecule has 0 N–H and O–H groups in total. The lowest BCUT2D eigenvalue weighted by Gasteiger charge is -2.12. The molecule has 11 aromatic rings. The van der Waals surface area contributed by atoms with Crippen molar-refractivity contribution < 1.29 is 0 Å². The first-order valence-corrected chi connectivity index (χ1v) is 17.3. The van der Waals surface area contributed by atoms with E-state index in [1.165, 1.54) is 99.0 Å². The van der Waals surface area contributed by atoms with Crippen LogP contribution in [-0.4, -0.2) is 8.97 Å². The predicted molar refractivity (Wildman–Crippen MR) is 212 cm³/mol. The van der Waals surface area contributed by atoms with Gasteiger partial charge >= 0.3 is 0 Å². The molecule has 0 atom stereocenters. The van der Waals surface area contributed by atoms with Crippen molar-refractivity contribution in [2.24, 2.45) is 0 Å². The minimum atomic E-state index is 1.18. The number of para-hydroxylation sites is 2. The summed E-state index contributed by atoms with van der Waals surface area (Å²) in [6.07, 6.45) is 0. The zero-order valence-corrected chi connectivity index (χ0v) is 27.2. The number of hydrogen-bond donors (Lipinski definition) is 0. The van der Waals surface area contributed by atoms with Crippen molar-refractivity contribution in [3.05, 3.63) is 182 Å². The number of benzene rings is 8. The summed E-state index contributed by atoms with van der Waals surface area (Å²) >= 11 is 0. The van der Waals surface area contributed by atoms with Crippen LogP contribution in [0.3, 0.4) is 0 Å². The lowest BCUT2D eigenvalue weighted by atomic mass is 9.92. The van der Waals surface area contributed by atoms with E-state index in [0.717, 1.165) is 0 Å². The molecule has 2 heteroatoms. The fourth-order valence-corrected chi connectivity index (χ4v) is 8.52. The molecule has 0 radical (unpaired) electrons. The van der Waals surface area contributed by atoms with E-state index in [-0.39, 0.29) is 0 Å². The second-order valence-electron chi connectivity index (χ2n) is 13.3. The molecule has 3 heterocycles. The molecule has 8 aromatic carbocycles. The predicted octanol–water partition coefficient (Wildman–Crippen LogP) is 12.9. The van der Waals surface area contributed by atoms with Gasteiger partial charge in [0.05, 0.1) is 27.6 Å². The van der Waals surface area contributed by atoms with Gasteiger partial charge in [0.2, 0.25) is 0 Å². The standard InChI is InChI=1S/C48H30N2/c1-3-13-31(14-4-1)36-19-7-8-20-37(36)34-16-11-15-32(29-34)33-25-26-39-41-27-28-44-47-46-40(22-12-24-43(46)49(44)35-17-5-2-6-18-35)38-21-9-10-23-42(38)50(48(41)47)45(39)30-33/h1-30H. The Morgan fingerprint density at radius 2 is 0.880 bits per heavy atom. The van der Waals surface area contributed by atoms with Gasteiger partial charge in [-0.1, -0.05) is 140 Å². The van der Waals surface area contributed by atoms with E-state index in [9.17, 15) is 0 Å². The summed E-state index contributed by atoms with van der Waals surface area (Å²) in [6, 6.07) is 66.6. The first kappa shape index (κ1) is 27.3. The summed E-state index contributed by atoms with van der Waals surface area (Å²) < 4.78 is 4.98. The topological polar surface area (TPSA) is 9.34 Å². The number of hydrogen-bond acceptors (Lipinski definition) is 0. The Kier molecular flexibility index (Phi) is 5.70. The molecule has 2 nitrogen and oxygen atoms in total. The molecule has 0 unspecified atom stereocenters. The van der Waals surface area contributed by atoms with Gasteiger partial charge in [-0.25, -0.2) is 0 Å². The van der Waals surface area contributed by atoms with E-state index >= 15 is 0 Å². The summed E-state index contributed by atoms with van der Waals surface area (Å²) in [5.41, 5.74) is 14.7. The van der Waals surface area contributed by atoms with Crippen LogP contribution in [0.2, 0.25) is 0 Å². The quantitative estimate of drug-likeness (QED) is 0.182. The Bertz CT molecular complexity index is 3070. The largest absolute Gasteiger partial charge is 0.309 e. The first-order valence-electron chi connectivity index (χ1n) is 17.3. The molecule has 0 aliphatic carbocycles. The van der Waals surface area contributed by atoms with Gasteiger partial charge in [0.1, 0.15) is 0 Å². The lowest BCUT2D eigenvalue weighted by Crippen LogP contribution is -1.93. The summed E-state index contributed by atoms with van der Waals surface area (Å²) in [5, 5.41) is 7.71. The smallest absolute Gasteiger partial charge is 0.0641 e. The van der Waals surface area contributed by atoms with Crippen LogP contribution >= 0.6 is 0 Å². The van der Waals surface area contributed by atoms with Gasteiger partial charge < -0.3 is 8.97 Å². The SMILES string of the molecule is c1ccc(-c2ccccc2-c2cccc(-c3ccc4c5ccc6c7c8c(cccc8n6-c6ccccc6)c6ccccc6n(c4c3)c57)c2)cc1. The van der Waals surface area contributed by atoms with Crippen LogP contribution in [-0.2, 0) is 0 Å². The number of fused-ring (bicyclic) bond motifs is 6. The van der Waals surface area contributed by atoms with E-state index in [0.29, 0.717) is 0 Å². The third kappa shape index (κ3) is 3.79. The molecular formula is C48H30N2. The van der Waals surface area contributed by atoms with Gasteiger partial charge in [0.25, 0.3) is 0 Å². The summed E-state index contributed by atoms with van der Waals surface area (Å²) in [7, 11) is 0. The molecule has 0 saturated carbocycles. The highest BCUT2D eigenvalue weighted by molar-refractivity contribution is 6.33. The first-order chi connectivity index (χ1) is 24.8. The normalized spacial score (nSPS) is 12.0. The van der Waals surface area contributed by atoms with Crippen LogP contribution in [0.5, 0.6) is 0 Å². The Morgan fingerprint density at radius 1 is 0.300 bits per heavy atom. The van der Waals surface area contributed by atoms with Crippen molar-refractivity contribution in [3.63, 3.8) is 0 Å². The monoisotopic (exact) mass is 634 g/mol. The Hall–Kier alpha value is -6.64. The van der Waals surface area contributed by atoms with E-state index in [1.54, 1.807) is 0 Å². The molecule has 50 heavy (non-hydrogen) atoms. The molecular weight excluding hydrogens is 605 g/mol. The second-order valence-corrected chi connectivity index (χ2v) is 13.3. The minimum absolute atomic E-state index is 1.18. The van der Waals surface area contributed by atoms with Crippen LogP contribution in [0.15, 0.2) is 182 Å². The van der Waals surface area contributed by atoms with Crippen LogP contribution < -0.4 is 0 Å². The van der Waals surface area contributed by atoms with Gasteiger partial charge in [-0.3, -0.25) is 0 Å². The molecule has 0 aliphatic rings. The fourth-order valence-electron chi connectivity index (χ4n) is 8.52. The van der Waals surface area contributed by atoms with E-state index in [4.69, 9.17) is 0 Å². The number of rotatable bonds is 4. The highest BCUT2D eigenvalue weighted by Gasteiger charge is 2.23. The summed E-state index contributed by atoms with van der Waals surface area (Å²) in [4.78, 5) is 0. The maximum Gasteiger partial charge on any atom is 0.0641 e. The number of aromatic nitrogens is 2. The third-order valence-electron chi connectivity index (χ3n) is 10.7. The van der Waals surface area contributed by atoms with Gasteiger partial charge in [0, 0.05) is 32.6 Å². The summed E-state index contributed by atoms with van der Waals surface area (Å²) in [5.74, 6) is 0. The highest BCUT2D eigenvalue weighted by Crippen LogP contribution is 2.46.